The molecule has 7 heavy (non-hydrogen) atoms. The van der Waals surface area contributed by atoms with Gasteiger partial charge in [-0.2, -0.15) is 0 Å². The average Bonchev–Trinajstić information content (AvgIpc) is 1.65. The van der Waals surface area contributed by atoms with Crippen LogP contribution in [-0.2, 0) is 0 Å². The van der Waals surface area contributed by atoms with Crippen molar-refractivity contribution in [1.82, 2.24) is 0 Å². The van der Waals surface area contributed by atoms with Crippen LogP contribution in [0.25, 0.3) is 0 Å². The number of nitrogens with two attached hydrogens (primary N) is 2. The third-order valence-electron chi connectivity index (χ3n) is 0.736. The van der Waals surface area contributed by atoms with Gasteiger partial charge >= 0.3 is 0 Å². The molecule has 0 aromatic heterocycles. The summed E-state index contributed by atoms with van der Waals surface area (Å²) < 4.78 is 0. The first-order valence-electron chi connectivity index (χ1n) is 2.15. The molecule has 1 radical (unpaired) electrons. The molecule has 0 aliphatic rings. The Kier molecular flexibility index (Phi) is 2.91. The van der Waals surface area contributed by atoms with E-state index in [-0.39, 0.29) is 6.54 Å². The van der Waals surface area contributed by atoms with E-state index >= 15 is 0 Å². The van der Waals surface area contributed by atoms with Crippen molar-refractivity contribution in [1.29, 1.82) is 0 Å². The minimum atomic E-state index is -0.653. The quantitative estimate of drug-likeness (QED) is 0.397. The third-order valence-corrected chi connectivity index (χ3v) is 0.736. The molecular weight excluding hydrogens is 92.1 g/mol. The van der Waals surface area contributed by atoms with Crippen LogP contribution in [0.1, 0.15) is 0 Å². The summed E-state index contributed by atoms with van der Waals surface area (Å²) >= 11 is 0. The molecule has 5 N–H and O–H groups in total. The van der Waals surface area contributed by atoms with E-state index in [1.807, 2.05) is 0 Å². The Bertz CT molecular complexity index is 47.0. The van der Waals surface area contributed by atoms with Crippen LogP contribution in [0.2, 0.25) is 0 Å². The number of aliphatic hydroxyl groups excluding tert-OH is 1. The van der Waals surface area contributed by atoms with Gasteiger partial charge in [0.25, 0.3) is 0 Å². The number of aliphatic hydroxyl groups is 1. The standard InChI is InChI=1S/C4H11N2O/c1-3(6)4(7)2-5/h3-4,7H,1-2,5-6H2. The van der Waals surface area contributed by atoms with Crippen molar-refractivity contribution in [2.45, 2.75) is 12.1 Å². The van der Waals surface area contributed by atoms with Gasteiger partial charge in [0.2, 0.25) is 0 Å². The van der Waals surface area contributed by atoms with Crippen molar-refractivity contribution in [3.05, 3.63) is 6.92 Å². The Morgan fingerprint density at radius 3 is 2.14 bits per heavy atom. The summed E-state index contributed by atoms with van der Waals surface area (Å²) in [5, 5.41) is 8.62. The highest BCUT2D eigenvalue weighted by atomic mass is 16.3. The van der Waals surface area contributed by atoms with E-state index in [1.165, 1.54) is 0 Å². The van der Waals surface area contributed by atoms with Crippen LogP contribution < -0.4 is 11.5 Å². The molecule has 2 unspecified atom stereocenters. The molecule has 0 saturated carbocycles. The number of rotatable bonds is 2. The van der Waals surface area contributed by atoms with Crippen LogP contribution in [0.15, 0.2) is 0 Å². The minimum absolute atomic E-state index is 0.185. The van der Waals surface area contributed by atoms with Gasteiger partial charge in [0.15, 0.2) is 0 Å². The molecule has 0 rings (SSSR count). The SMILES string of the molecule is [CH2]C(N)C(O)CN. The van der Waals surface area contributed by atoms with Crippen molar-refractivity contribution < 1.29 is 5.11 Å². The summed E-state index contributed by atoms with van der Waals surface area (Å²) in [6.07, 6.45) is -0.653. The Morgan fingerprint density at radius 2 is 2.14 bits per heavy atom. The van der Waals surface area contributed by atoms with E-state index in [9.17, 15) is 0 Å². The van der Waals surface area contributed by atoms with Crippen molar-refractivity contribution in [2.24, 2.45) is 11.5 Å². The molecule has 0 spiro atoms. The molecule has 0 aromatic carbocycles. The summed E-state index contributed by atoms with van der Waals surface area (Å²) in [6, 6.07) is -0.454. The highest BCUT2D eigenvalue weighted by Crippen LogP contribution is 1.81. The lowest BCUT2D eigenvalue weighted by molar-refractivity contribution is 0.168. The lowest BCUT2D eigenvalue weighted by atomic mass is 10.2. The fraction of sp³-hybridized carbons (Fsp3) is 0.750. The Labute approximate surface area is 43.3 Å². The molecule has 2 atom stereocenters. The first-order valence-corrected chi connectivity index (χ1v) is 2.15. The molecule has 0 aliphatic carbocycles. The van der Waals surface area contributed by atoms with E-state index in [4.69, 9.17) is 16.6 Å². The molecule has 3 nitrogen and oxygen atoms in total. The molecule has 0 aliphatic heterocycles. The summed E-state index contributed by atoms with van der Waals surface area (Å²) in [6.45, 7) is 3.54. The smallest absolute Gasteiger partial charge is 0.0813 e. The van der Waals surface area contributed by atoms with Gasteiger partial charge < -0.3 is 16.6 Å². The number of hydrogen-bond acceptors (Lipinski definition) is 3. The second-order valence-electron chi connectivity index (χ2n) is 1.47. The first kappa shape index (κ1) is 6.88. The maximum Gasteiger partial charge on any atom is 0.0813 e. The highest BCUT2D eigenvalue weighted by Gasteiger charge is 2.04. The molecular formula is C4H11N2O. The predicted molar refractivity (Wildman–Crippen MR) is 28.4 cm³/mol. The molecule has 3 heteroatoms. The van der Waals surface area contributed by atoms with Gasteiger partial charge in [-0.1, -0.05) is 0 Å². The third kappa shape index (κ3) is 2.56. The van der Waals surface area contributed by atoms with Crippen molar-refractivity contribution in [3.63, 3.8) is 0 Å². The molecule has 0 saturated heterocycles. The Hall–Kier alpha value is -0.120. The van der Waals surface area contributed by atoms with Crippen LogP contribution >= 0.6 is 0 Å². The van der Waals surface area contributed by atoms with E-state index in [0.717, 1.165) is 0 Å². The monoisotopic (exact) mass is 103 g/mol. The topological polar surface area (TPSA) is 72.3 Å². The molecule has 0 heterocycles. The Balaban J connectivity index is 3.14. The van der Waals surface area contributed by atoms with E-state index in [2.05, 4.69) is 6.92 Å². The second kappa shape index (κ2) is 2.96. The van der Waals surface area contributed by atoms with Crippen molar-refractivity contribution in [2.75, 3.05) is 6.54 Å². The minimum Gasteiger partial charge on any atom is -0.390 e. The molecule has 0 aromatic rings. The van der Waals surface area contributed by atoms with Gasteiger partial charge in [-0.15, -0.1) is 0 Å². The zero-order valence-electron chi connectivity index (χ0n) is 4.17. The largest absolute Gasteiger partial charge is 0.390 e. The molecule has 43 valence electrons. The number of hydrogen-bond donors (Lipinski definition) is 3. The summed E-state index contributed by atoms with van der Waals surface area (Å²) in [7, 11) is 0. The zero-order chi connectivity index (χ0) is 5.86. The van der Waals surface area contributed by atoms with Crippen LogP contribution in [0, 0.1) is 6.92 Å². The maximum atomic E-state index is 8.62. The van der Waals surface area contributed by atoms with E-state index in [1.54, 1.807) is 0 Å². The lowest BCUT2D eigenvalue weighted by Gasteiger charge is -2.09. The van der Waals surface area contributed by atoms with Crippen LogP contribution in [-0.4, -0.2) is 23.8 Å². The van der Waals surface area contributed by atoms with Crippen LogP contribution in [0.5, 0.6) is 0 Å². The lowest BCUT2D eigenvalue weighted by Crippen LogP contribution is -2.37. The van der Waals surface area contributed by atoms with Gasteiger partial charge in [0.05, 0.1) is 6.10 Å². The van der Waals surface area contributed by atoms with Gasteiger partial charge in [0.1, 0.15) is 0 Å². The summed E-state index contributed by atoms with van der Waals surface area (Å²) in [5.74, 6) is 0. The van der Waals surface area contributed by atoms with Gasteiger partial charge in [-0.25, -0.2) is 0 Å². The molecule has 0 bridgehead atoms. The fourth-order valence-electron chi connectivity index (χ4n) is 0.175. The van der Waals surface area contributed by atoms with E-state index < -0.39 is 12.1 Å². The van der Waals surface area contributed by atoms with Gasteiger partial charge in [-0.05, 0) is 6.92 Å². The fourth-order valence-corrected chi connectivity index (χ4v) is 0.175. The van der Waals surface area contributed by atoms with Gasteiger partial charge in [0, 0.05) is 12.6 Å². The summed E-state index contributed by atoms with van der Waals surface area (Å²) in [4.78, 5) is 0. The molecule has 0 fully saturated rings. The van der Waals surface area contributed by atoms with Crippen LogP contribution in [0.3, 0.4) is 0 Å². The average molecular weight is 103 g/mol. The van der Waals surface area contributed by atoms with E-state index in [0.29, 0.717) is 0 Å². The van der Waals surface area contributed by atoms with Crippen molar-refractivity contribution >= 4 is 0 Å². The first-order chi connectivity index (χ1) is 3.18. The predicted octanol–water partition coefficient (Wildman–Crippen LogP) is -1.53. The highest BCUT2D eigenvalue weighted by molar-refractivity contribution is 4.73. The second-order valence-corrected chi connectivity index (χ2v) is 1.47. The normalized spacial score (nSPS) is 18.9. The van der Waals surface area contributed by atoms with Gasteiger partial charge in [-0.3, -0.25) is 0 Å². The summed E-state index contributed by atoms with van der Waals surface area (Å²) in [5.41, 5.74) is 10.1. The van der Waals surface area contributed by atoms with Crippen LogP contribution in [0.4, 0.5) is 0 Å². The molecule has 0 amide bonds. The Morgan fingerprint density at radius 1 is 1.71 bits per heavy atom. The van der Waals surface area contributed by atoms with Crippen molar-refractivity contribution in [3.8, 4) is 0 Å². The maximum absolute atomic E-state index is 8.62. The zero-order valence-corrected chi connectivity index (χ0v) is 4.17.